The Morgan fingerprint density at radius 3 is 1.56 bits per heavy atom. The summed E-state index contributed by atoms with van der Waals surface area (Å²) in [6, 6.07) is -1.26. The number of hydrogen-bond donors (Lipinski definition) is 9. The molecule has 10 atom stereocenters. The fraction of sp³-hybridized carbons (Fsp3) is 0.979. The van der Waals surface area contributed by atoms with Crippen molar-refractivity contribution in [1.29, 1.82) is 0 Å². The zero-order valence-electron chi connectivity index (χ0n) is 39.7. The molecule has 63 heavy (non-hydrogen) atoms. The Morgan fingerprint density at radius 2 is 1.10 bits per heavy atom. The maximum atomic E-state index is 13.2. The Kier molecular flexibility index (Phi) is 36.5. The van der Waals surface area contributed by atoms with Crippen LogP contribution in [0.4, 0.5) is 0 Å². The van der Waals surface area contributed by atoms with Crippen LogP contribution in [0.1, 0.15) is 207 Å². The third-order valence-corrected chi connectivity index (χ3v) is 13.2. The lowest BCUT2D eigenvalue weighted by atomic mass is 9.98. The second-order valence-electron chi connectivity index (χ2n) is 18.5. The predicted octanol–water partition coefficient (Wildman–Crippen LogP) is 7.46. The fourth-order valence-electron chi connectivity index (χ4n) is 8.04. The largest absolute Gasteiger partial charge is 0.472 e. The lowest BCUT2D eigenvalue weighted by Gasteiger charge is -2.41. The van der Waals surface area contributed by atoms with Gasteiger partial charge in [0, 0.05) is 6.54 Å². The van der Waals surface area contributed by atoms with E-state index in [9.17, 15) is 44.9 Å². The number of aliphatic hydroxyl groups excluding tert-OH is 6. The maximum Gasteiger partial charge on any atom is 0.472 e. The highest BCUT2D eigenvalue weighted by molar-refractivity contribution is 7.47. The van der Waals surface area contributed by atoms with E-state index in [-0.39, 0.29) is 26.0 Å². The summed E-state index contributed by atoms with van der Waals surface area (Å²) >= 11 is 0. The Hall–Kier alpha value is -0.780. The van der Waals surface area contributed by atoms with Crippen LogP contribution >= 0.6 is 7.82 Å². The highest BCUT2D eigenvalue weighted by Crippen LogP contribution is 2.43. The minimum Gasteiger partial charge on any atom is -0.390 e. The number of phosphoric acid groups is 1. The number of ether oxygens (including phenoxy) is 2. The monoisotopic (exact) mass is 927 g/mol. The van der Waals surface area contributed by atoms with Gasteiger partial charge in [0.2, 0.25) is 5.91 Å². The second kappa shape index (κ2) is 38.2. The van der Waals surface area contributed by atoms with E-state index in [1.54, 1.807) is 0 Å². The van der Waals surface area contributed by atoms with E-state index >= 15 is 0 Å². The average Bonchev–Trinajstić information content (AvgIpc) is 3.26. The SMILES string of the molecule is CCCCCCCCCCCCCCCCCCCC[C@@H](O)C(=O)N[C@@H](CO[C@@H]1O[C@H](COP(=O)(O)OCCN)[C@@H](O)[C@H](O)[C@H]1O)[C@H](O)[C@H](O)CCCCCCCCCCC(C)C. The lowest BCUT2D eigenvalue weighted by Crippen LogP contribution is -2.60. The van der Waals surface area contributed by atoms with Crippen molar-refractivity contribution in [2.45, 2.75) is 262 Å². The van der Waals surface area contributed by atoms with Crippen molar-refractivity contribution in [3.8, 4) is 0 Å². The summed E-state index contributed by atoms with van der Waals surface area (Å²) < 4.78 is 33.0. The first kappa shape index (κ1) is 60.2. The number of phosphoric ester groups is 1. The molecule has 0 spiro atoms. The first-order valence-corrected chi connectivity index (χ1v) is 26.7. The highest BCUT2D eigenvalue weighted by atomic mass is 31.2. The Morgan fingerprint density at radius 1 is 0.651 bits per heavy atom. The van der Waals surface area contributed by atoms with Gasteiger partial charge in [0.25, 0.3) is 0 Å². The highest BCUT2D eigenvalue weighted by Gasteiger charge is 2.46. The second-order valence-corrected chi connectivity index (χ2v) is 20.0. The Bertz CT molecular complexity index is 1130. The molecule has 0 bridgehead atoms. The van der Waals surface area contributed by atoms with Gasteiger partial charge in [-0.1, -0.05) is 194 Å². The van der Waals surface area contributed by atoms with Crippen LogP contribution < -0.4 is 11.1 Å². The van der Waals surface area contributed by atoms with E-state index in [4.69, 9.17) is 19.7 Å². The van der Waals surface area contributed by atoms with Gasteiger partial charge in [0.15, 0.2) is 6.29 Å². The minimum absolute atomic E-state index is 0.0507. The lowest BCUT2D eigenvalue weighted by molar-refractivity contribution is -0.302. The van der Waals surface area contributed by atoms with Crippen LogP contribution in [0, 0.1) is 5.92 Å². The maximum absolute atomic E-state index is 13.2. The smallest absolute Gasteiger partial charge is 0.390 e. The average molecular weight is 927 g/mol. The van der Waals surface area contributed by atoms with Crippen molar-refractivity contribution in [3.63, 3.8) is 0 Å². The van der Waals surface area contributed by atoms with E-state index in [1.807, 2.05) is 0 Å². The summed E-state index contributed by atoms with van der Waals surface area (Å²) in [5.74, 6) is -0.0254. The molecule has 1 aliphatic heterocycles. The van der Waals surface area contributed by atoms with Crippen molar-refractivity contribution in [1.82, 2.24) is 5.32 Å². The molecule has 376 valence electrons. The number of aliphatic hydroxyl groups is 6. The molecule has 0 aromatic carbocycles. The van der Waals surface area contributed by atoms with Crippen LogP contribution in [0.25, 0.3) is 0 Å². The predicted molar refractivity (Wildman–Crippen MR) is 248 cm³/mol. The number of unbranched alkanes of at least 4 members (excludes halogenated alkanes) is 24. The van der Waals surface area contributed by atoms with Crippen molar-refractivity contribution < 1.29 is 63.4 Å². The molecule has 1 aliphatic rings. The number of hydrogen-bond acceptors (Lipinski definition) is 13. The topological polar surface area (TPSA) is 251 Å². The van der Waals surface area contributed by atoms with Gasteiger partial charge >= 0.3 is 7.82 Å². The number of carbonyl (C=O) groups is 1. The molecule has 1 saturated heterocycles. The fourth-order valence-corrected chi connectivity index (χ4v) is 8.79. The molecule has 15 nitrogen and oxygen atoms in total. The van der Waals surface area contributed by atoms with Crippen molar-refractivity contribution in [2.24, 2.45) is 11.7 Å². The van der Waals surface area contributed by atoms with Crippen LogP contribution in [-0.2, 0) is 27.9 Å². The van der Waals surface area contributed by atoms with E-state index in [1.165, 1.54) is 116 Å². The molecular weight excluding hydrogens is 831 g/mol. The summed E-state index contributed by atoms with van der Waals surface area (Å²) in [5, 5.41) is 67.3. The van der Waals surface area contributed by atoms with Crippen molar-refractivity contribution >= 4 is 13.7 Å². The van der Waals surface area contributed by atoms with Gasteiger partial charge in [0.1, 0.15) is 36.6 Å². The molecule has 16 heteroatoms. The van der Waals surface area contributed by atoms with Gasteiger partial charge in [-0.3, -0.25) is 13.8 Å². The molecule has 0 saturated carbocycles. The van der Waals surface area contributed by atoms with Crippen molar-refractivity contribution in [3.05, 3.63) is 0 Å². The minimum atomic E-state index is -4.58. The van der Waals surface area contributed by atoms with Crippen LogP contribution in [-0.4, -0.2) is 123 Å². The Balaban J connectivity index is 2.61. The van der Waals surface area contributed by atoms with Crippen LogP contribution in [0.3, 0.4) is 0 Å². The van der Waals surface area contributed by atoms with Gasteiger partial charge in [-0.15, -0.1) is 0 Å². The molecular formula is C47H95N2O13P. The van der Waals surface area contributed by atoms with Crippen LogP contribution in [0.5, 0.6) is 0 Å². The van der Waals surface area contributed by atoms with E-state index < -0.39 is 82.0 Å². The number of nitrogens with one attached hydrogen (secondary N) is 1. The molecule has 0 aromatic heterocycles. The van der Waals surface area contributed by atoms with Gasteiger partial charge in [-0.2, -0.15) is 0 Å². The molecule has 10 N–H and O–H groups in total. The third kappa shape index (κ3) is 30.3. The third-order valence-electron chi connectivity index (χ3n) is 12.2. The zero-order valence-corrected chi connectivity index (χ0v) is 40.6. The van der Waals surface area contributed by atoms with E-state index in [0.717, 1.165) is 50.9 Å². The first-order valence-electron chi connectivity index (χ1n) is 25.2. The van der Waals surface area contributed by atoms with Crippen molar-refractivity contribution in [2.75, 3.05) is 26.4 Å². The number of carbonyl (C=O) groups excluding carboxylic acids is 1. The molecule has 0 aromatic rings. The number of nitrogens with two attached hydrogens (primary N) is 1. The van der Waals surface area contributed by atoms with Crippen LogP contribution in [0.15, 0.2) is 0 Å². The standard InChI is InChI=1S/C47H95N2O13P/c1-4-5-6-7-8-9-10-11-12-13-14-15-16-17-18-23-26-29-32-40(51)46(56)49-38(42(52)39(50)31-28-25-22-20-19-21-24-27-30-37(2)3)35-59-47-45(55)44(54)43(53)41(62-47)36-61-63(57,58)60-34-33-48/h37-45,47,50-55H,4-36,48H2,1-3H3,(H,49,56)(H,57,58)/t38-,39+,40+,41+,42-,43+,44-,45+,47+/m0/s1. The number of amides is 1. The van der Waals surface area contributed by atoms with Gasteiger partial charge in [-0.05, 0) is 18.8 Å². The zero-order chi connectivity index (χ0) is 46.7. The van der Waals surface area contributed by atoms with Gasteiger partial charge in [-0.25, -0.2) is 4.57 Å². The molecule has 1 unspecified atom stereocenters. The Labute approximate surface area is 381 Å². The molecule has 1 amide bonds. The quantitative estimate of drug-likeness (QED) is 0.0213. The molecule has 1 heterocycles. The molecule has 0 aliphatic carbocycles. The summed E-state index contributed by atoms with van der Waals surface area (Å²) in [6.07, 6.45) is 19.8. The summed E-state index contributed by atoms with van der Waals surface area (Å²) in [4.78, 5) is 23.1. The molecule has 1 fully saturated rings. The first-order chi connectivity index (χ1) is 30.2. The molecule has 1 rings (SSSR count). The van der Waals surface area contributed by atoms with E-state index in [0.29, 0.717) is 12.8 Å². The summed E-state index contributed by atoms with van der Waals surface area (Å²) in [6.45, 7) is 5.16. The summed E-state index contributed by atoms with van der Waals surface area (Å²) in [7, 11) is -4.58. The normalized spacial score (nSPS) is 22.2. The van der Waals surface area contributed by atoms with Crippen LogP contribution in [0.2, 0.25) is 0 Å². The van der Waals surface area contributed by atoms with E-state index in [2.05, 4.69) is 30.6 Å². The molecule has 0 radical (unpaired) electrons. The number of rotatable bonds is 43. The van der Waals surface area contributed by atoms with Gasteiger partial charge < -0.3 is 56.1 Å². The summed E-state index contributed by atoms with van der Waals surface area (Å²) in [5.41, 5.74) is 5.30. The van der Waals surface area contributed by atoms with Gasteiger partial charge in [0.05, 0.1) is 32.0 Å².